The van der Waals surface area contributed by atoms with Crippen LogP contribution in [0.25, 0.3) is 0 Å². The maximum atomic E-state index is 11.0. The lowest BCUT2D eigenvalue weighted by molar-refractivity contribution is -0.139. The average molecular weight is 248 g/mol. The summed E-state index contributed by atoms with van der Waals surface area (Å²) in [5.74, 6) is -0.747. The van der Waals surface area contributed by atoms with Gasteiger partial charge in [0.05, 0.1) is 6.54 Å². The molecule has 0 spiro atoms. The molecular weight excluding hydrogens is 228 g/mol. The largest absolute Gasteiger partial charge is 0.480 e. The van der Waals surface area contributed by atoms with E-state index in [0.717, 1.165) is 18.4 Å². The van der Waals surface area contributed by atoms with Gasteiger partial charge in [0.2, 0.25) is 0 Å². The highest BCUT2D eigenvalue weighted by Gasteiger charge is 2.28. The highest BCUT2D eigenvalue weighted by Crippen LogP contribution is 2.30. The fourth-order valence-electron chi connectivity index (χ4n) is 2.81. The second-order valence-corrected chi connectivity index (χ2v) is 4.96. The van der Waals surface area contributed by atoms with Crippen LogP contribution in [0.2, 0.25) is 0 Å². The Balaban J connectivity index is 2.14. The van der Waals surface area contributed by atoms with Crippen molar-refractivity contribution in [3.63, 3.8) is 0 Å². The summed E-state index contributed by atoms with van der Waals surface area (Å²) in [5.41, 5.74) is 1.14. The number of carboxylic acids is 1. The van der Waals surface area contributed by atoms with Crippen LogP contribution in [-0.2, 0) is 4.79 Å². The van der Waals surface area contributed by atoms with E-state index >= 15 is 0 Å². The highest BCUT2D eigenvalue weighted by molar-refractivity contribution is 5.69. The number of carboxylic acid groups (broad SMARTS) is 1. The Hall–Kier alpha value is -1.42. The average Bonchev–Trinajstić information content (AvgIpc) is 2.89. The van der Waals surface area contributed by atoms with Crippen molar-refractivity contribution in [3.8, 4) is 0 Å². The van der Waals surface area contributed by atoms with Crippen LogP contribution in [0.3, 0.4) is 0 Å². The van der Waals surface area contributed by atoms with Crippen molar-refractivity contribution in [2.24, 2.45) is 0 Å². The molecule has 0 aliphatic heterocycles. The molecule has 1 aromatic rings. The molecule has 0 saturated heterocycles. The van der Waals surface area contributed by atoms with Gasteiger partial charge in [-0.25, -0.2) is 0 Å². The summed E-state index contributed by atoms with van der Waals surface area (Å²) in [5, 5.41) is 9.09. The second kappa shape index (κ2) is 5.96. The monoisotopic (exact) mass is 248 g/mol. The van der Waals surface area contributed by atoms with E-state index in [9.17, 15) is 4.79 Å². The summed E-state index contributed by atoms with van der Waals surface area (Å²) in [6, 6.07) is 4.47. The summed E-state index contributed by atoms with van der Waals surface area (Å²) in [4.78, 5) is 17.2. The molecule has 1 N–H and O–H groups in total. The summed E-state index contributed by atoms with van der Waals surface area (Å²) in [7, 11) is 0. The van der Waals surface area contributed by atoms with Crippen molar-refractivity contribution in [1.82, 2.24) is 9.88 Å². The number of nitrogens with zero attached hydrogens (tertiary/aromatic N) is 2. The molecule has 1 heterocycles. The molecule has 1 aromatic heterocycles. The smallest absolute Gasteiger partial charge is 0.317 e. The Kier molecular flexibility index (Phi) is 4.31. The maximum Gasteiger partial charge on any atom is 0.317 e. The van der Waals surface area contributed by atoms with E-state index in [0.29, 0.717) is 6.04 Å². The molecule has 1 unspecified atom stereocenters. The minimum atomic E-state index is -0.747. The van der Waals surface area contributed by atoms with E-state index in [1.165, 1.54) is 12.8 Å². The van der Waals surface area contributed by atoms with Gasteiger partial charge in [0, 0.05) is 24.5 Å². The summed E-state index contributed by atoms with van der Waals surface area (Å²) >= 11 is 0. The van der Waals surface area contributed by atoms with Crippen LogP contribution in [0.5, 0.6) is 0 Å². The first-order valence-electron chi connectivity index (χ1n) is 6.56. The zero-order valence-electron chi connectivity index (χ0n) is 10.7. The quantitative estimate of drug-likeness (QED) is 0.869. The summed E-state index contributed by atoms with van der Waals surface area (Å²) in [6.45, 7) is 2.20. The molecule has 0 aromatic carbocycles. The Labute approximate surface area is 108 Å². The van der Waals surface area contributed by atoms with Crippen LogP contribution in [0.1, 0.15) is 44.2 Å². The van der Waals surface area contributed by atoms with Crippen LogP contribution in [0, 0.1) is 0 Å². The summed E-state index contributed by atoms with van der Waals surface area (Å²) in [6.07, 6.45) is 8.18. The molecule has 2 rings (SSSR count). The third kappa shape index (κ3) is 3.07. The first-order valence-corrected chi connectivity index (χ1v) is 6.56. The first kappa shape index (κ1) is 13.0. The molecule has 4 nitrogen and oxygen atoms in total. The SMILES string of the molecule is CC(c1ccncc1)N(CC(=O)O)C1CCCC1. The molecule has 18 heavy (non-hydrogen) atoms. The topological polar surface area (TPSA) is 53.4 Å². The van der Waals surface area contributed by atoms with E-state index in [-0.39, 0.29) is 12.6 Å². The maximum absolute atomic E-state index is 11.0. The number of hydrogen-bond acceptors (Lipinski definition) is 3. The molecule has 98 valence electrons. The van der Waals surface area contributed by atoms with Gasteiger partial charge >= 0.3 is 5.97 Å². The van der Waals surface area contributed by atoms with E-state index in [4.69, 9.17) is 5.11 Å². The van der Waals surface area contributed by atoms with Gasteiger partial charge in [-0.3, -0.25) is 14.7 Å². The predicted octanol–water partition coefficient (Wildman–Crippen LogP) is 2.47. The van der Waals surface area contributed by atoms with Gasteiger partial charge < -0.3 is 5.11 Å². The zero-order chi connectivity index (χ0) is 13.0. The van der Waals surface area contributed by atoms with Crippen LogP contribution < -0.4 is 0 Å². The Morgan fingerprint density at radius 3 is 2.61 bits per heavy atom. The molecule has 1 saturated carbocycles. The molecule has 1 aliphatic rings. The van der Waals surface area contributed by atoms with Crippen molar-refractivity contribution >= 4 is 5.97 Å². The molecule has 0 bridgehead atoms. The van der Waals surface area contributed by atoms with Gasteiger partial charge in [0.15, 0.2) is 0 Å². The van der Waals surface area contributed by atoms with E-state index in [2.05, 4.69) is 16.8 Å². The van der Waals surface area contributed by atoms with Crippen LogP contribution in [-0.4, -0.2) is 33.5 Å². The number of pyridine rings is 1. The van der Waals surface area contributed by atoms with Crippen LogP contribution >= 0.6 is 0 Å². The third-order valence-electron chi connectivity index (χ3n) is 3.80. The van der Waals surface area contributed by atoms with Gasteiger partial charge in [0.1, 0.15) is 0 Å². The van der Waals surface area contributed by atoms with Gasteiger partial charge in [0.25, 0.3) is 0 Å². The van der Waals surface area contributed by atoms with Crippen LogP contribution in [0.4, 0.5) is 0 Å². The minimum absolute atomic E-state index is 0.119. The molecule has 1 fully saturated rings. The number of aliphatic carboxylic acids is 1. The molecule has 1 aliphatic carbocycles. The second-order valence-electron chi connectivity index (χ2n) is 4.96. The standard InChI is InChI=1S/C14H20N2O2/c1-11(12-6-8-15-9-7-12)16(10-14(17)18)13-4-2-3-5-13/h6-9,11,13H,2-5,10H2,1H3,(H,17,18). The van der Waals surface area contributed by atoms with Crippen molar-refractivity contribution in [2.75, 3.05) is 6.54 Å². The molecular formula is C14H20N2O2. The lowest BCUT2D eigenvalue weighted by Gasteiger charge is -2.33. The Bertz CT molecular complexity index is 388. The fraction of sp³-hybridized carbons (Fsp3) is 0.571. The highest BCUT2D eigenvalue weighted by atomic mass is 16.4. The van der Waals surface area contributed by atoms with Crippen molar-refractivity contribution < 1.29 is 9.90 Å². The predicted molar refractivity (Wildman–Crippen MR) is 69.2 cm³/mol. The van der Waals surface area contributed by atoms with Gasteiger partial charge in [-0.15, -0.1) is 0 Å². The van der Waals surface area contributed by atoms with Gasteiger partial charge in [-0.1, -0.05) is 12.8 Å². The van der Waals surface area contributed by atoms with E-state index in [1.54, 1.807) is 12.4 Å². The van der Waals surface area contributed by atoms with Crippen molar-refractivity contribution in [3.05, 3.63) is 30.1 Å². The number of hydrogen-bond donors (Lipinski definition) is 1. The lowest BCUT2D eigenvalue weighted by Crippen LogP contribution is -2.39. The molecule has 4 heteroatoms. The zero-order valence-corrected chi connectivity index (χ0v) is 10.7. The van der Waals surface area contributed by atoms with Gasteiger partial charge in [-0.05, 0) is 37.5 Å². The number of carbonyl (C=O) groups is 1. The van der Waals surface area contributed by atoms with E-state index in [1.807, 2.05) is 12.1 Å². The fourth-order valence-corrected chi connectivity index (χ4v) is 2.81. The molecule has 0 radical (unpaired) electrons. The number of aromatic nitrogens is 1. The minimum Gasteiger partial charge on any atom is -0.480 e. The van der Waals surface area contributed by atoms with Gasteiger partial charge in [-0.2, -0.15) is 0 Å². The lowest BCUT2D eigenvalue weighted by atomic mass is 10.1. The molecule has 0 amide bonds. The van der Waals surface area contributed by atoms with E-state index < -0.39 is 5.97 Å². The molecule has 1 atom stereocenters. The normalized spacial score (nSPS) is 18.1. The first-order chi connectivity index (χ1) is 8.68. The van der Waals surface area contributed by atoms with Crippen molar-refractivity contribution in [2.45, 2.75) is 44.7 Å². The number of rotatable bonds is 5. The Morgan fingerprint density at radius 2 is 2.06 bits per heavy atom. The van der Waals surface area contributed by atoms with Crippen LogP contribution in [0.15, 0.2) is 24.5 Å². The Morgan fingerprint density at radius 1 is 1.44 bits per heavy atom. The summed E-state index contributed by atoms with van der Waals surface area (Å²) < 4.78 is 0. The third-order valence-corrected chi connectivity index (χ3v) is 3.80. The van der Waals surface area contributed by atoms with Crippen molar-refractivity contribution in [1.29, 1.82) is 0 Å².